The van der Waals surface area contributed by atoms with E-state index < -0.39 is 5.97 Å². The Labute approximate surface area is 146 Å². The first-order valence-corrected chi connectivity index (χ1v) is 8.34. The zero-order chi connectivity index (χ0) is 17.8. The third-order valence-electron chi connectivity index (χ3n) is 4.51. The van der Waals surface area contributed by atoms with Crippen LogP contribution in [0.15, 0.2) is 36.4 Å². The molecule has 0 saturated carbocycles. The fourth-order valence-corrected chi connectivity index (χ4v) is 3.08. The Kier molecular flexibility index (Phi) is 5.34. The quantitative estimate of drug-likeness (QED) is 0.869. The normalized spacial score (nSPS) is 16.3. The van der Waals surface area contributed by atoms with Crippen molar-refractivity contribution in [3.8, 4) is 5.75 Å². The Bertz CT molecular complexity index is 772. The lowest BCUT2D eigenvalue weighted by Gasteiger charge is -2.24. The molecule has 1 aliphatic rings. The van der Waals surface area contributed by atoms with Crippen LogP contribution < -0.4 is 4.74 Å². The molecule has 0 fully saturated rings. The van der Waals surface area contributed by atoms with Crippen molar-refractivity contribution < 1.29 is 23.8 Å². The average Bonchev–Trinajstić information content (AvgIpc) is 2.60. The molecule has 0 amide bonds. The van der Waals surface area contributed by atoms with E-state index in [4.69, 9.17) is 14.6 Å². The Morgan fingerprint density at radius 2 is 2.08 bits per heavy atom. The molecule has 0 heterocycles. The molecule has 3 rings (SSSR count). The number of carboxylic acids is 1. The highest BCUT2D eigenvalue weighted by Crippen LogP contribution is 2.27. The third kappa shape index (κ3) is 4.57. The predicted octanol–water partition coefficient (Wildman–Crippen LogP) is 3.67. The van der Waals surface area contributed by atoms with E-state index in [1.54, 1.807) is 6.07 Å². The summed E-state index contributed by atoms with van der Waals surface area (Å²) in [6, 6.07) is 10.6. The minimum Gasteiger partial charge on any atom is -0.489 e. The second kappa shape index (κ2) is 7.66. The minimum atomic E-state index is -0.942. The minimum absolute atomic E-state index is 0.0506. The van der Waals surface area contributed by atoms with Crippen LogP contribution in [0.25, 0.3) is 0 Å². The average molecular weight is 344 g/mol. The highest BCUT2D eigenvalue weighted by molar-refractivity contribution is 5.68. The summed E-state index contributed by atoms with van der Waals surface area (Å²) in [6.07, 6.45) is 2.29. The van der Waals surface area contributed by atoms with Gasteiger partial charge in [-0.3, -0.25) is 0 Å². The van der Waals surface area contributed by atoms with Crippen LogP contribution in [0.4, 0.5) is 4.39 Å². The number of benzene rings is 2. The lowest BCUT2D eigenvalue weighted by atomic mass is 9.89. The lowest BCUT2D eigenvalue weighted by molar-refractivity contribution is -0.144. The highest BCUT2D eigenvalue weighted by atomic mass is 19.1. The molecule has 1 aliphatic carbocycles. The zero-order valence-corrected chi connectivity index (χ0v) is 14.1. The van der Waals surface area contributed by atoms with Crippen LogP contribution in [-0.4, -0.2) is 23.8 Å². The molecule has 0 radical (unpaired) electrons. The van der Waals surface area contributed by atoms with Crippen LogP contribution in [0.2, 0.25) is 0 Å². The number of fused-ring (bicyclic) bond motifs is 1. The largest absolute Gasteiger partial charge is 0.489 e. The van der Waals surface area contributed by atoms with Crippen LogP contribution in [0.1, 0.15) is 28.7 Å². The summed E-state index contributed by atoms with van der Waals surface area (Å²) in [4.78, 5) is 10.6. The number of rotatable bonds is 6. The summed E-state index contributed by atoms with van der Waals surface area (Å²) in [7, 11) is 0. The van der Waals surface area contributed by atoms with Gasteiger partial charge in [0.1, 0.15) is 24.8 Å². The van der Waals surface area contributed by atoms with Gasteiger partial charge in [0.15, 0.2) is 0 Å². The van der Waals surface area contributed by atoms with E-state index in [9.17, 15) is 9.18 Å². The van der Waals surface area contributed by atoms with Gasteiger partial charge in [-0.25, -0.2) is 9.18 Å². The number of hydrogen-bond acceptors (Lipinski definition) is 3. The fraction of sp³-hybridized carbons (Fsp3) is 0.350. The first-order chi connectivity index (χ1) is 12.0. The van der Waals surface area contributed by atoms with Gasteiger partial charge in [-0.2, -0.15) is 0 Å². The molecule has 0 aliphatic heterocycles. The van der Waals surface area contributed by atoms with E-state index in [2.05, 4.69) is 0 Å². The van der Waals surface area contributed by atoms with E-state index in [0.29, 0.717) is 13.0 Å². The Balaban J connectivity index is 1.62. The molecular weight excluding hydrogens is 323 g/mol. The second-order valence-corrected chi connectivity index (χ2v) is 6.36. The monoisotopic (exact) mass is 344 g/mol. The van der Waals surface area contributed by atoms with Gasteiger partial charge in [0.2, 0.25) is 0 Å². The van der Waals surface area contributed by atoms with Crippen molar-refractivity contribution in [1.29, 1.82) is 0 Å². The molecule has 2 aromatic rings. The number of carbonyl (C=O) groups is 1. The van der Waals surface area contributed by atoms with Crippen molar-refractivity contribution in [3.63, 3.8) is 0 Å². The maximum absolute atomic E-state index is 13.3. The molecular formula is C20H21FO4. The molecule has 0 saturated heterocycles. The van der Waals surface area contributed by atoms with Gasteiger partial charge >= 0.3 is 5.97 Å². The lowest BCUT2D eigenvalue weighted by Crippen LogP contribution is -2.25. The standard InChI is InChI=1S/C20H21FO4/c1-13-2-5-17(21)8-16(13)11-24-18-6-3-15-10-19(25-12-20(22)23)7-4-14(15)9-18/h2-3,5-6,8-9,19H,4,7,10-12H2,1H3,(H,22,23). The highest BCUT2D eigenvalue weighted by Gasteiger charge is 2.20. The smallest absolute Gasteiger partial charge is 0.329 e. The Morgan fingerprint density at radius 1 is 1.24 bits per heavy atom. The summed E-state index contributed by atoms with van der Waals surface area (Å²) in [5, 5.41) is 8.70. The summed E-state index contributed by atoms with van der Waals surface area (Å²) in [6.45, 7) is 2.00. The zero-order valence-electron chi connectivity index (χ0n) is 14.1. The van der Waals surface area contributed by atoms with Crippen LogP contribution in [-0.2, 0) is 29.0 Å². The summed E-state index contributed by atoms with van der Waals surface area (Å²) < 4.78 is 24.6. The van der Waals surface area contributed by atoms with Gasteiger partial charge in [0.25, 0.3) is 0 Å². The number of hydrogen-bond donors (Lipinski definition) is 1. The van der Waals surface area contributed by atoms with Crippen molar-refractivity contribution in [3.05, 3.63) is 64.5 Å². The van der Waals surface area contributed by atoms with Crippen LogP contribution in [0.5, 0.6) is 5.75 Å². The molecule has 0 spiro atoms. The first-order valence-electron chi connectivity index (χ1n) is 8.34. The van der Waals surface area contributed by atoms with Crippen molar-refractivity contribution in [2.45, 2.75) is 38.9 Å². The Morgan fingerprint density at radius 3 is 2.88 bits per heavy atom. The SMILES string of the molecule is Cc1ccc(F)cc1COc1ccc2c(c1)CCC(OCC(=O)O)C2. The molecule has 25 heavy (non-hydrogen) atoms. The number of halogens is 1. The molecule has 1 unspecified atom stereocenters. The summed E-state index contributed by atoms with van der Waals surface area (Å²) in [5.41, 5.74) is 4.19. The molecule has 1 atom stereocenters. The molecule has 1 N–H and O–H groups in total. The van der Waals surface area contributed by atoms with E-state index in [-0.39, 0.29) is 18.5 Å². The fourth-order valence-electron chi connectivity index (χ4n) is 3.08. The molecule has 2 aromatic carbocycles. The Hall–Kier alpha value is -2.40. The van der Waals surface area contributed by atoms with Crippen molar-refractivity contribution >= 4 is 5.97 Å². The van der Waals surface area contributed by atoms with E-state index in [1.165, 1.54) is 17.7 Å². The second-order valence-electron chi connectivity index (χ2n) is 6.36. The van der Waals surface area contributed by atoms with Crippen LogP contribution in [0.3, 0.4) is 0 Å². The van der Waals surface area contributed by atoms with E-state index in [0.717, 1.165) is 35.3 Å². The van der Waals surface area contributed by atoms with Crippen LogP contribution in [0, 0.1) is 12.7 Å². The predicted molar refractivity (Wildman–Crippen MR) is 91.3 cm³/mol. The van der Waals surface area contributed by atoms with Gasteiger partial charge < -0.3 is 14.6 Å². The molecule has 0 aromatic heterocycles. The molecule has 132 valence electrons. The van der Waals surface area contributed by atoms with Crippen LogP contribution >= 0.6 is 0 Å². The topological polar surface area (TPSA) is 55.8 Å². The maximum atomic E-state index is 13.3. The maximum Gasteiger partial charge on any atom is 0.329 e. The summed E-state index contributed by atoms with van der Waals surface area (Å²) >= 11 is 0. The van der Waals surface area contributed by atoms with Crippen molar-refractivity contribution in [2.75, 3.05) is 6.61 Å². The van der Waals surface area contributed by atoms with Gasteiger partial charge in [-0.1, -0.05) is 12.1 Å². The van der Waals surface area contributed by atoms with Crippen molar-refractivity contribution in [2.24, 2.45) is 0 Å². The molecule has 5 heteroatoms. The van der Waals surface area contributed by atoms with E-state index in [1.807, 2.05) is 25.1 Å². The third-order valence-corrected chi connectivity index (χ3v) is 4.51. The molecule has 0 bridgehead atoms. The first kappa shape index (κ1) is 17.4. The number of carboxylic acid groups (broad SMARTS) is 1. The van der Waals surface area contributed by atoms with Gasteiger partial charge in [0, 0.05) is 0 Å². The number of aliphatic carboxylic acids is 1. The van der Waals surface area contributed by atoms with E-state index >= 15 is 0 Å². The number of ether oxygens (including phenoxy) is 2. The van der Waals surface area contributed by atoms with Gasteiger partial charge in [-0.15, -0.1) is 0 Å². The number of aryl methyl sites for hydroxylation is 2. The summed E-state index contributed by atoms with van der Waals surface area (Å²) in [5.74, 6) is -0.448. The van der Waals surface area contributed by atoms with Gasteiger partial charge in [-0.05, 0) is 72.7 Å². The molecule has 4 nitrogen and oxygen atoms in total. The van der Waals surface area contributed by atoms with Gasteiger partial charge in [0.05, 0.1) is 6.10 Å². The van der Waals surface area contributed by atoms with Crippen molar-refractivity contribution in [1.82, 2.24) is 0 Å².